The van der Waals surface area contributed by atoms with Crippen LogP contribution < -0.4 is 10.1 Å². The first-order chi connectivity index (χ1) is 14.3. The van der Waals surface area contributed by atoms with Gasteiger partial charge in [-0.25, -0.2) is 4.98 Å². The lowest BCUT2D eigenvalue weighted by molar-refractivity contribution is 0.0820. The molecule has 7 heteroatoms. The molecule has 2 amide bonds. The van der Waals surface area contributed by atoms with E-state index in [2.05, 4.69) is 29.0 Å². The third-order valence-corrected chi connectivity index (χ3v) is 5.14. The molecule has 1 N–H and O–H groups in total. The summed E-state index contributed by atoms with van der Waals surface area (Å²) < 4.78 is 5.36. The Labute approximate surface area is 179 Å². The molecule has 1 aromatic carbocycles. The molecule has 162 valence electrons. The summed E-state index contributed by atoms with van der Waals surface area (Å²) in [5.74, 6) is 0.394. The van der Waals surface area contributed by atoms with Crippen LogP contribution in [-0.2, 0) is 0 Å². The first-order valence-corrected chi connectivity index (χ1v) is 10.2. The number of hydrogen-bond donors (Lipinski definition) is 1. The van der Waals surface area contributed by atoms with E-state index in [1.54, 1.807) is 40.3 Å². The van der Waals surface area contributed by atoms with Gasteiger partial charge in [-0.05, 0) is 49.8 Å². The van der Waals surface area contributed by atoms with E-state index in [4.69, 9.17) is 4.74 Å². The average Bonchev–Trinajstić information content (AvgIpc) is 2.75. The smallest absolute Gasteiger partial charge is 0.271 e. The van der Waals surface area contributed by atoms with Crippen LogP contribution in [0.25, 0.3) is 0 Å². The van der Waals surface area contributed by atoms with E-state index in [1.807, 2.05) is 24.3 Å². The van der Waals surface area contributed by atoms with Gasteiger partial charge in [0.1, 0.15) is 11.4 Å². The molecule has 2 aromatic rings. The highest BCUT2D eigenvalue weighted by atomic mass is 16.5. The summed E-state index contributed by atoms with van der Waals surface area (Å²) in [5, 5.41) is 3.04. The summed E-state index contributed by atoms with van der Waals surface area (Å²) >= 11 is 0. The van der Waals surface area contributed by atoms with Crippen molar-refractivity contribution in [2.45, 2.75) is 26.8 Å². The van der Waals surface area contributed by atoms with Crippen LogP contribution in [0.2, 0.25) is 0 Å². The zero-order chi connectivity index (χ0) is 22.3. The number of amides is 2. The lowest BCUT2D eigenvalue weighted by Gasteiger charge is -2.30. The Hall–Kier alpha value is -2.93. The highest BCUT2D eigenvalue weighted by Gasteiger charge is 2.21. The molecule has 0 aliphatic carbocycles. The zero-order valence-electron chi connectivity index (χ0n) is 18.7. The summed E-state index contributed by atoms with van der Waals surface area (Å²) in [6, 6.07) is 11.2. The molecule has 1 heterocycles. The summed E-state index contributed by atoms with van der Waals surface area (Å²) in [6.07, 6.45) is 0. The van der Waals surface area contributed by atoms with Gasteiger partial charge in [-0.3, -0.25) is 14.5 Å². The summed E-state index contributed by atoms with van der Waals surface area (Å²) in [7, 11) is 4.99. The van der Waals surface area contributed by atoms with Crippen molar-refractivity contribution in [1.82, 2.24) is 20.1 Å². The summed E-state index contributed by atoms with van der Waals surface area (Å²) in [4.78, 5) is 33.0. The van der Waals surface area contributed by atoms with Gasteiger partial charge in [0.2, 0.25) is 0 Å². The Morgan fingerprint density at radius 3 is 2.40 bits per heavy atom. The summed E-state index contributed by atoms with van der Waals surface area (Å²) in [5.41, 5.74) is 2.40. The predicted octanol–water partition coefficient (Wildman–Crippen LogP) is 2.91. The maximum Gasteiger partial charge on any atom is 0.271 e. The molecular formula is C23H32N4O3. The van der Waals surface area contributed by atoms with Gasteiger partial charge < -0.3 is 15.0 Å². The van der Waals surface area contributed by atoms with Crippen molar-refractivity contribution in [2.75, 3.05) is 40.8 Å². The molecule has 2 rings (SSSR count). The van der Waals surface area contributed by atoms with E-state index in [0.29, 0.717) is 23.5 Å². The first-order valence-electron chi connectivity index (χ1n) is 10.2. The lowest BCUT2D eigenvalue weighted by Crippen LogP contribution is -2.38. The molecule has 0 saturated heterocycles. The molecule has 0 saturated carbocycles. The fourth-order valence-electron chi connectivity index (χ4n) is 3.40. The molecule has 0 radical (unpaired) electrons. The van der Waals surface area contributed by atoms with Crippen molar-refractivity contribution in [3.63, 3.8) is 0 Å². The molecule has 1 atom stereocenters. The predicted molar refractivity (Wildman–Crippen MR) is 118 cm³/mol. The number of pyridine rings is 1. The second kappa shape index (κ2) is 10.7. The number of carbonyl (C=O) groups is 2. The largest absolute Gasteiger partial charge is 0.497 e. The number of carbonyl (C=O) groups excluding carboxylic acids is 2. The Bertz CT molecular complexity index is 879. The quantitative estimate of drug-likeness (QED) is 0.685. The number of likely N-dealkylation sites (N-methyl/N-ethyl adjacent to an activating group) is 1. The molecule has 1 unspecified atom stereocenters. The molecule has 0 fully saturated rings. The monoisotopic (exact) mass is 412 g/mol. The van der Waals surface area contributed by atoms with Crippen LogP contribution in [0.15, 0.2) is 36.4 Å². The molecule has 0 aliphatic rings. The number of nitrogens with one attached hydrogen (secondary N) is 1. The topological polar surface area (TPSA) is 74.8 Å². The van der Waals surface area contributed by atoms with Gasteiger partial charge in [0.15, 0.2) is 0 Å². The Kier molecular flexibility index (Phi) is 8.35. The summed E-state index contributed by atoms with van der Waals surface area (Å²) in [6.45, 7) is 8.11. The Morgan fingerprint density at radius 2 is 1.83 bits per heavy atom. The van der Waals surface area contributed by atoms with Crippen molar-refractivity contribution in [2.24, 2.45) is 0 Å². The number of ether oxygens (including phenoxy) is 1. The highest BCUT2D eigenvalue weighted by molar-refractivity contribution is 5.97. The minimum absolute atomic E-state index is 0.0157. The standard InChI is InChI=1S/C23H32N4O3/c1-7-27(8-2)21(17-10-9-11-18(14-17)30-6)15-24-22(28)19-12-13-20(25-16(19)3)23(29)26(4)5/h9-14,21H,7-8,15H2,1-6H3,(H,24,28). The van der Waals surface area contributed by atoms with Crippen LogP contribution in [0.3, 0.4) is 0 Å². The lowest BCUT2D eigenvalue weighted by atomic mass is 10.0. The first kappa shape index (κ1) is 23.3. The van der Waals surface area contributed by atoms with Crippen LogP contribution in [0.4, 0.5) is 0 Å². The van der Waals surface area contributed by atoms with Crippen molar-refractivity contribution >= 4 is 11.8 Å². The van der Waals surface area contributed by atoms with Gasteiger partial charge in [-0.1, -0.05) is 26.0 Å². The van der Waals surface area contributed by atoms with Gasteiger partial charge in [-0.15, -0.1) is 0 Å². The van der Waals surface area contributed by atoms with E-state index in [0.717, 1.165) is 24.4 Å². The van der Waals surface area contributed by atoms with Crippen LogP contribution in [0.5, 0.6) is 5.75 Å². The fraction of sp³-hybridized carbons (Fsp3) is 0.435. The Balaban J connectivity index is 2.20. The fourth-order valence-corrected chi connectivity index (χ4v) is 3.40. The van der Waals surface area contributed by atoms with Crippen molar-refractivity contribution in [3.05, 3.63) is 58.9 Å². The van der Waals surface area contributed by atoms with Gasteiger partial charge in [0.05, 0.1) is 24.4 Å². The average molecular weight is 413 g/mol. The van der Waals surface area contributed by atoms with E-state index in [-0.39, 0.29) is 17.9 Å². The van der Waals surface area contributed by atoms with Crippen molar-refractivity contribution in [1.29, 1.82) is 0 Å². The number of aryl methyl sites for hydroxylation is 1. The molecule has 0 aliphatic heterocycles. The van der Waals surface area contributed by atoms with Gasteiger partial charge in [-0.2, -0.15) is 0 Å². The Morgan fingerprint density at radius 1 is 1.13 bits per heavy atom. The number of nitrogens with zero attached hydrogens (tertiary/aromatic N) is 3. The van der Waals surface area contributed by atoms with Gasteiger partial charge >= 0.3 is 0 Å². The van der Waals surface area contributed by atoms with Crippen LogP contribution in [-0.4, -0.2) is 67.4 Å². The van der Waals surface area contributed by atoms with E-state index in [1.165, 1.54) is 4.90 Å². The van der Waals surface area contributed by atoms with E-state index >= 15 is 0 Å². The second-order valence-electron chi connectivity index (χ2n) is 7.25. The number of hydrogen-bond acceptors (Lipinski definition) is 5. The minimum atomic E-state index is -0.205. The van der Waals surface area contributed by atoms with Gasteiger partial charge in [0.25, 0.3) is 11.8 Å². The van der Waals surface area contributed by atoms with Crippen LogP contribution in [0, 0.1) is 6.92 Å². The van der Waals surface area contributed by atoms with Gasteiger partial charge in [0, 0.05) is 20.6 Å². The van der Waals surface area contributed by atoms with Crippen LogP contribution in [0.1, 0.15) is 52.0 Å². The van der Waals surface area contributed by atoms with Crippen molar-refractivity contribution in [3.8, 4) is 5.75 Å². The second-order valence-corrected chi connectivity index (χ2v) is 7.25. The minimum Gasteiger partial charge on any atom is -0.497 e. The molecule has 0 spiro atoms. The maximum atomic E-state index is 12.8. The van der Waals surface area contributed by atoms with E-state index in [9.17, 15) is 9.59 Å². The normalized spacial score (nSPS) is 11.8. The number of benzene rings is 1. The molecular weight excluding hydrogens is 380 g/mol. The number of methoxy groups -OCH3 is 1. The highest BCUT2D eigenvalue weighted by Crippen LogP contribution is 2.24. The molecule has 0 bridgehead atoms. The SMILES string of the molecule is CCN(CC)C(CNC(=O)c1ccc(C(=O)N(C)C)nc1C)c1cccc(OC)c1. The third-order valence-electron chi connectivity index (χ3n) is 5.14. The zero-order valence-corrected chi connectivity index (χ0v) is 18.7. The molecule has 30 heavy (non-hydrogen) atoms. The number of rotatable bonds is 9. The number of aromatic nitrogens is 1. The molecule has 7 nitrogen and oxygen atoms in total. The van der Waals surface area contributed by atoms with Crippen LogP contribution >= 0.6 is 0 Å². The van der Waals surface area contributed by atoms with E-state index < -0.39 is 0 Å². The van der Waals surface area contributed by atoms with Crippen molar-refractivity contribution < 1.29 is 14.3 Å². The third kappa shape index (κ3) is 5.57. The maximum absolute atomic E-state index is 12.8. The molecule has 1 aromatic heterocycles.